The largest absolute Gasteiger partial charge is 0.492 e. The smallest absolute Gasteiger partial charge is 0.226 e. The average molecular weight is 309 g/mol. The van der Waals surface area contributed by atoms with Gasteiger partial charge in [0.2, 0.25) is 5.91 Å². The zero-order chi connectivity index (χ0) is 14.9. The van der Waals surface area contributed by atoms with Gasteiger partial charge in [0, 0.05) is 6.54 Å². The van der Waals surface area contributed by atoms with Crippen LogP contribution in [0.5, 0.6) is 5.75 Å². The lowest BCUT2D eigenvalue weighted by Crippen LogP contribution is -2.39. The Morgan fingerprint density at radius 2 is 2.14 bits per heavy atom. The zero-order valence-electron chi connectivity index (χ0n) is 11.7. The molecule has 114 valence electrons. The second kappa shape index (κ2) is 5.67. The Balaban J connectivity index is 1.53. The predicted octanol–water partition coefficient (Wildman–Crippen LogP) is 0.789. The molecule has 1 aromatic carbocycles. The lowest BCUT2D eigenvalue weighted by molar-refractivity contribution is -0.126. The maximum absolute atomic E-state index is 12.2. The van der Waals surface area contributed by atoms with E-state index in [-0.39, 0.29) is 29.2 Å². The number of para-hydroxylation sites is 1. The summed E-state index contributed by atoms with van der Waals surface area (Å²) in [7, 11) is -2.88. The van der Waals surface area contributed by atoms with Gasteiger partial charge in [-0.25, -0.2) is 8.42 Å². The van der Waals surface area contributed by atoms with Crippen LogP contribution in [0.4, 0.5) is 0 Å². The first kappa shape index (κ1) is 14.4. The molecule has 0 unspecified atom stereocenters. The minimum absolute atomic E-state index is 0.0474. The molecule has 1 saturated heterocycles. The van der Waals surface area contributed by atoms with Crippen molar-refractivity contribution in [3.8, 4) is 5.75 Å². The molecule has 6 heteroatoms. The summed E-state index contributed by atoms with van der Waals surface area (Å²) < 4.78 is 28.4. The van der Waals surface area contributed by atoms with E-state index in [2.05, 4.69) is 5.32 Å². The molecule has 0 aliphatic carbocycles. The van der Waals surface area contributed by atoms with E-state index < -0.39 is 9.84 Å². The summed E-state index contributed by atoms with van der Waals surface area (Å²) in [5, 5.41) is 2.88. The summed E-state index contributed by atoms with van der Waals surface area (Å²) in [6.07, 6.45) is 1.32. The molecule has 0 radical (unpaired) electrons. The van der Waals surface area contributed by atoms with Crippen molar-refractivity contribution in [1.29, 1.82) is 0 Å². The molecule has 5 nitrogen and oxygen atoms in total. The Kier molecular flexibility index (Phi) is 3.89. The zero-order valence-corrected chi connectivity index (χ0v) is 12.6. The van der Waals surface area contributed by atoms with Crippen molar-refractivity contribution in [2.45, 2.75) is 12.8 Å². The third-order valence-electron chi connectivity index (χ3n) is 4.14. The minimum atomic E-state index is -2.88. The fourth-order valence-corrected chi connectivity index (χ4v) is 4.78. The lowest BCUT2D eigenvalue weighted by atomic mass is 9.96. The molecule has 2 heterocycles. The molecule has 1 fully saturated rings. The Morgan fingerprint density at radius 1 is 1.33 bits per heavy atom. The topological polar surface area (TPSA) is 72.5 Å². The second-order valence-corrected chi connectivity index (χ2v) is 8.06. The quantitative estimate of drug-likeness (QED) is 0.896. The number of hydrogen-bond donors (Lipinski definition) is 1. The highest BCUT2D eigenvalue weighted by Gasteiger charge is 2.30. The van der Waals surface area contributed by atoms with Crippen LogP contribution < -0.4 is 10.1 Å². The maximum Gasteiger partial charge on any atom is 0.226 e. The molecule has 0 spiro atoms. The molecule has 3 rings (SSSR count). The van der Waals surface area contributed by atoms with Gasteiger partial charge in [-0.3, -0.25) is 4.79 Å². The highest BCUT2D eigenvalue weighted by Crippen LogP contribution is 2.27. The van der Waals surface area contributed by atoms with Gasteiger partial charge in [0.25, 0.3) is 0 Å². The lowest BCUT2D eigenvalue weighted by Gasteiger charge is -2.24. The van der Waals surface area contributed by atoms with E-state index in [1.807, 2.05) is 24.3 Å². The third kappa shape index (κ3) is 3.37. The van der Waals surface area contributed by atoms with Gasteiger partial charge in [-0.1, -0.05) is 18.2 Å². The van der Waals surface area contributed by atoms with Gasteiger partial charge in [-0.2, -0.15) is 0 Å². The van der Waals surface area contributed by atoms with Crippen LogP contribution in [-0.2, 0) is 21.1 Å². The molecule has 2 atom stereocenters. The van der Waals surface area contributed by atoms with Gasteiger partial charge in [0.05, 0.1) is 17.4 Å². The predicted molar refractivity (Wildman–Crippen MR) is 78.9 cm³/mol. The number of benzene rings is 1. The first-order chi connectivity index (χ1) is 10.0. The number of ether oxygens (including phenoxy) is 1. The highest BCUT2D eigenvalue weighted by atomic mass is 32.2. The van der Waals surface area contributed by atoms with Crippen LogP contribution in [0.25, 0.3) is 0 Å². The van der Waals surface area contributed by atoms with Crippen molar-refractivity contribution in [2.75, 3.05) is 24.7 Å². The molecule has 21 heavy (non-hydrogen) atoms. The number of nitrogens with one attached hydrogen (secondary N) is 1. The molecule has 0 aromatic heterocycles. The van der Waals surface area contributed by atoms with Crippen LogP contribution in [0, 0.1) is 11.8 Å². The van der Waals surface area contributed by atoms with E-state index in [4.69, 9.17) is 4.74 Å². The molecule has 1 amide bonds. The molecule has 2 aliphatic heterocycles. The Labute approximate surface area is 124 Å². The van der Waals surface area contributed by atoms with Crippen LogP contribution in [-0.4, -0.2) is 39.0 Å². The van der Waals surface area contributed by atoms with Crippen molar-refractivity contribution in [2.24, 2.45) is 11.8 Å². The monoisotopic (exact) mass is 309 g/mol. The minimum Gasteiger partial charge on any atom is -0.492 e. The van der Waals surface area contributed by atoms with E-state index in [9.17, 15) is 13.2 Å². The van der Waals surface area contributed by atoms with E-state index in [1.54, 1.807) is 0 Å². The van der Waals surface area contributed by atoms with Gasteiger partial charge < -0.3 is 10.1 Å². The van der Waals surface area contributed by atoms with E-state index in [0.717, 1.165) is 11.3 Å². The number of carbonyl (C=O) groups excluding carboxylic acids is 1. The van der Waals surface area contributed by atoms with E-state index >= 15 is 0 Å². The number of rotatable bonds is 3. The van der Waals surface area contributed by atoms with Crippen LogP contribution >= 0.6 is 0 Å². The summed E-state index contributed by atoms with van der Waals surface area (Å²) in [6.45, 7) is 0.821. The Hall–Kier alpha value is -1.56. The van der Waals surface area contributed by atoms with Crippen LogP contribution in [0.3, 0.4) is 0 Å². The summed E-state index contributed by atoms with van der Waals surface area (Å²) in [5.41, 5.74) is 1.05. The highest BCUT2D eigenvalue weighted by molar-refractivity contribution is 7.91. The molecular formula is C15H19NO4S. The van der Waals surface area contributed by atoms with Gasteiger partial charge in [0.1, 0.15) is 12.4 Å². The number of carbonyl (C=O) groups is 1. The van der Waals surface area contributed by atoms with E-state index in [0.29, 0.717) is 26.0 Å². The SMILES string of the molecule is O=C(NC[C@H]1CCS(=O)(=O)C1)[C@H]1COc2ccccc2C1. The third-order valence-corrected chi connectivity index (χ3v) is 5.98. The first-order valence-electron chi connectivity index (χ1n) is 7.22. The summed E-state index contributed by atoms with van der Waals surface area (Å²) in [4.78, 5) is 12.2. The van der Waals surface area contributed by atoms with Gasteiger partial charge in [-0.05, 0) is 30.4 Å². The summed E-state index contributed by atoms with van der Waals surface area (Å²) >= 11 is 0. The maximum atomic E-state index is 12.2. The molecule has 0 bridgehead atoms. The number of sulfone groups is 1. The van der Waals surface area contributed by atoms with Crippen molar-refractivity contribution < 1.29 is 17.9 Å². The van der Waals surface area contributed by atoms with Crippen LogP contribution in [0.1, 0.15) is 12.0 Å². The molecular weight excluding hydrogens is 290 g/mol. The fourth-order valence-electron chi connectivity index (χ4n) is 2.92. The number of fused-ring (bicyclic) bond motifs is 1. The van der Waals surface area contributed by atoms with Crippen molar-refractivity contribution in [1.82, 2.24) is 5.32 Å². The van der Waals surface area contributed by atoms with Crippen molar-refractivity contribution in [3.05, 3.63) is 29.8 Å². The molecule has 0 saturated carbocycles. The van der Waals surface area contributed by atoms with Crippen molar-refractivity contribution >= 4 is 15.7 Å². The summed E-state index contributed by atoms with van der Waals surface area (Å²) in [5.74, 6) is 1.09. The average Bonchev–Trinajstić information content (AvgIpc) is 2.83. The standard InChI is InChI=1S/C15H19NO4S/c17-15(16-8-11-5-6-21(18,19)10-11)13-7-12-3-1-2-4-14(12)20-9-13/h1-4,11,13H,5-10H2,(H,16,17)/t11-,13-/m1/s1. The van der Waals surface area contributed by atoms with Crippen LogP contribution in [0.15, 0.2) is 24.3 Å². The normalized spacial score (nSPS) is 26.7. The first-order valence-corrected chi connectivity index (χ1v) is 9.04. The van der Waals surface area contributed by atoms with Gasteiger partial charge in [0.15, 0.2) is 9.84 Å². The molecule has 2 aliphatic rings. The van der Waals surface area contributed by atoms with Gasteiger partial charge >= 0.3 is 0 Å². The van der Waals surface area contributed by atoms with Gasteiger partial charge in [-0.15, -0.1) is 0 Å². The van der Waals surface area contributed by atoms with E-state index in [1.165, 1.54) is 0 Å². The Morgan fingerprint density at radius 3 is 2.90 bits per heavy atom. The summed E-state index contributed by atoms with van der Waals surface area (Å²) in [6, 6.07) is 7.73. The van der Waals surface area contributed by atoms with Crippen LogP contribution in [0.2, 0.25) is 0 Å². The molecule has 1 N–H and O–H groups in total. The fraction of sp³-hybridized carbons (Fsp3) is 0.533. The molecule has 1 aromatic rings. The second-order valence-electron chi connectivity index (χ2n) is 5.83. The number of amides is 1. The van der Waals surface area contributed by atoms with Crippen molar-refractivity contribution in [3.63, 3.8) is 0 Å². The Bertz CT molecular complexity index is 641. The number of hydrogen-bond acceptors (Lipinski definition) is 4.